The molecule has 0 heterocycles. The number of benzene rings is 2. The van der Waals surface area contributed by atoms with Crippen molar-refractivity contribution in [1.82, 2.24) is 0 Å². The molecule has 4 heteroatoms. The van der Waals surface area contributed by atoms with Gasteiger partial charge in [-0.15, -0.1) is 0 Å². The Labute approximate surface area is 129 Å². The highest BCUT2D eigenvalue weighted by molar-refractivity contribution is 5.45. The number of rotatable bonds is 6. The van der Waals surface area contributed by atoms with Crippen molar-refractivity contribution in [3.63, 3.8) is 0 Å². The summed E-state index contributed by atoms with van der Waals surface area (Å²) < 4.78 is 30.1. The highest BCUT2D eigenvalue weighted by atomic mass is 19.1. The summed E-state index contributed by atoms with van der Waals surface area (Å²) >= 11 is 0. The maximum absolute atomic E-state index is 13.5. The fourth-order valence-electron chi connectivity index (χ4n) is 2.58. The Kier molecular flexibility index (Phi) is 4.18. The van der Waals surface area contributed by atoms with Crippen molar-refractivity contribution in [2.24, 2.45) is 0 Å². The normalized spacial score (nSPS) is 13.8. The third-order valence-corrected chi connectivity index (χ3v) is 3.89. The van der Waals surface area contributed by atoms with Crippen LogP contribution in [0.1, 0.15) is 29.9 Å². The van der Waals surface area contributed by atoms with Crippen LogP contribution in [0.15, 0.2) is 36.4 Å². The molecule has 2 aromatic carbocycles. The van der Waals surface area contributed by atoms with E-state index in [1.165, 1.54) is 12.1 Å². The molecule has 0 N–H and O–H groups in total. The van der Waals surface area contributed by atoms with Crippen molar-refractivity contribution < 1.29 is 18.6 Å². The van der Waals surface area contributed by atoms with Gasteiger partial charge in [0.25, 0.3) is 0 Å². The minimum absolute atomic E-state index is 0.274. The molecular formula is C18H19FO3. The van der Waals surface area contributed by atoms with Crippen molar-refractivity contribution in [3.8, 4) is 17.2 Å². The average molecular weight is 302 g/mol. The number of hydrogen-bond donors (Lipinski definition) is 0. The summed E-state index contributed by atoms with van der Waals surface area (Å²) in [5, 5.41) is 0. The first-order valence-corrected chi connectivity index (χ1v) is 7.35. The number of ether oxygens (including phenoxy) is 3. The molecule has 0 amide bonds. The second-order valence-corrected chi connectivity index (χ2v) is 5.39. The minimum atomic E-state index is -0.286. The fourth-order valence-corrected chi connectivity index (χ4v) is 2.58. The third kappa shape index (κ3) is 3.01. The Morgan fingerprint density at radius 3 is 2.27 bits per heavy atom. The van der Waals surface area contributed by atoms with Gasteiger partial charge in [-0.05, 0) is 42.5 Å². The summed E-state index contributed by atoms with van der Waals surface area (Å²) in [5.41, 5.74) is 1.90. The molecule has 0 saturated heterocycles. The Hall–Kier alpha value is -2.23. The van der Waals surface area contributed by atoms with E-state index in [9.17, 15) is 4.39 Å². The number of halogens is 1. The molecule has 0 bridgehead atoms. The quantitative estimate of drug-likeness (QED) is 0.796. The fraction of sp³-hybridized carbons (Fsp3) is 0.333. The largest absolute Gasteiger partial charge is 0.496 e. The SMILES string of the molecule is COc1cccc(OC)c1COc1cc(F)ccc1C1CC1. The molecule has 1 aliphatic carbocycles. The molecule has 0 spiro atoms. The van der Waals surface area contributed by atoms with Crippen LogP contribution < -0.4 is 14.2 Å². The molecule has 0 aromatic heterocycles. The van der Waals surface area contributed by atoms with Gasteiger partial charge in [0.2, 0.25) is 0 Å². The summed E-state index contributed by atoms with van der Waals surface area (Å²) in [6.07, 6.45) is 2.28. The Morgan fingerprint density at radius 1 is 1.00 bits per heavy atom. The average Bonchev–Trinajstić information content (AvgIpc) is 3.37. The molecule has 22 heavy (non-hydrogen) atoms. The molecule has 3 nitrogen and oxygen atoms in total. The van der Waals surface area contributed by atoms with Crippen LogP contribution in [0.2, 0.25) is 0 Å². The molecule has 1 aliphatic rings. The van der Waals surface area contributed by atoms with Crippen LogP contribution >= 0.6 is 0 Å². The van der Waals surface area contributed by atoms with Crippen LogP contribution in [0.4, 0.5) is 4.39 Å². The van der Waals surface area contributed by atoms with Gasteiger partial charge in [0.1, 0.15) is 29.7 Å². The lowest BCUT2D eigenvalue weighted by Crippen LogP contribution is -2.03. The molecule has 116 valence electrons. The zero-order valence-electron chi connectivity index (χ0n) is 12.8. The predicted octanol–water partition coefficient (Wildman–Crippen LogP) is 4.30. The van der Waals surface area contributed by atoms with Crippen molar-refractivity contribution in [3.05, 3.63) is 53.3 Å². The van der Waals surface area contributed by atoms with Gasteiger partial charge in [-0.25, -0.2) is 4.39 Å². The number of hydrogen-bond acceptors (Lipinski definition) is 3. The summed E-state index contributed by atoms with van der Waals surface area (Å²) in [7, 11) is 3.21. The smallest absolute Gasteiger partial charge is 0.129 e. The molecule has 0 radical (unpaired) electrons. The minimum Gasteiger partial charge on any atom is -0.496 e. The summed E-state index contributed by atoms with van der Waals surface area (Å²) in [6.45, 7) is 0.274. The maximum atomic E-state index is 13.5. The molecule has 2 aromatic rings. The van der Waals surface area contributed by atoms with E-state index in [1.54, 1.807) is 14.2 Å². The van der Waals surface area contributed by atoms with E-state index < -0.39 is 0 Å². The van der Waals surface area contributed by atoms with Gasteiger partial charge in [-0.3, -0.25) is 0 Å². The van der Waals surface area contributed by atoms with Gasteiger partial charge in [-0.2, -0.15) is 0 Å². The Morgan fingerprint density at radius 2 is 1.68 bits per heavy atom. The second-order valence-electron chi connectivity index (χ2n) is 5.39. The standard InChI is InChI=1S/C18H19FO3/c1-20-16-4-3-5-17(21-2)15(16)11-22-18-10-13(19)8-9-14(18)12-6-7-12/h3-5,8-10,12H,6-7,11H2,1-2H3. The lowest BCUT2D eigenvalue weighted by atomic mass is 10.1. The van der Waals surface area contributed by atoms with E-state index in [1.807, 2.05) is 24.3 Å². The van der Waals surface area contributed by atoms with Crippen LogP contribution in [-0.2, 0) is 6.61 Å². The maximum Gasteiger partial charge on any atom is 0.129 e. The predicted molar refractivity (Wildman–Crippen MR) is 82.3 cm³/mol. The van der Waals surface area contributed by atoms with Crippen LogP contribution in [-0.4, -0.2) is 14.2 Å². The topological polar surface area (TPSA) is 27.7 Å². The molecular weight excluding hydrogens is 283 g/mol. The lowest BCUT2D eigenvalue weighted by Gasteiger charge is -2.15. The lowest BCUT2D eigenvalue weighted by molar-refractivity contribution is 0.282. The first kappa shape index (κ1) is 14.7. The Balaban J connectivity index is 1.85. The van der Waals surface area contributed by atoms with E-state index in [-0.39, 0.29) is 12.4 Å². The molecule has 0 aliphatic heterocycles. The van der Waals surface area contributed by atoms with E-state index in [0.29, 0.717) is 23.2 Å². The van der Waals surface area contributed by atoms with Crippen molar-refractivity contribution in [2.75, 3.05) is 14.2 Å². The van der Waals surface area contributed by atoms with Gasteiger partial charge < -0.3 is 14.2 Å². The summed E-state index contributed by atoms with van der Waals surface area (Å²) in [4.78, 5) is 0. The van der Waals surface area contributed by atoms with Gasteiger partial charge in [0.15, 0.2) is 0 Å². The molecule has 0 unspecified atom stereocenters. The van der Waals surface area contributed by atoms with Crippen LogP contribution in [0.5, 0.6) is 17.2 Å². The molecule has 0 atom stereocenters. The molecule has 1 fully saturated rings. The third-order valence-electron chi connectivity index (χ3n) is 3.89. The van der Waals surface area contributed by atoms with Gasteiger partial charge in [0, 0.05) is 6.07 Å². The van der Waals surface area contributed by atoms with E-state index >= 15 is 0 Å². The van der Waals surface area contributed by atoms with Gasteiger partial charge >= 0.3 is 0 Å². The van der Waals surface area contributed by atoms with Crippen molar-refractivity contribution in [1.29, 1.82) is 0 Å². The van der Waals surface area contributed by atoms with Crippen LogP contribution in [0, 0.1) is 5.82 Å². The number of methoxy groups -OCH3 is 2. The zero-order chi connectivity index (χ0) is 15.5. The molecule has 3 rings (SSSR count). The van der Waals surface area contributed by atoms with E-state index in [0.717, 1.165) is 24.0 Å². The first-order chi connectivity index (χ1) is 10.7. The van der Waals surface area contributed by atoms with Crippen molar-refractivity contribution in [2.45, 2.75) is 25.4 Å². The van der Waals surface area contributed by atoms with E-state index in [4.69, 9.17) is 14.2 Å². The van der Waals surface area contributed by atoms with Crippen molar-refractivity contribution >= 4 is 0 Å². The van der Waals surface area contributed by atoms with E-state index in [2.05, 4.69) is 0 Å². The summed E-state index contributed by atoms with van der Waals surface area (Å²) in [5.74, 6) is 2.21. The first-order valence-electron chi connectivity index (χ1n) is 7.35. The van der Waals surface area contributed by atoms with Crippen LogP contribution in [0.25, 0.3) is 0 Å². The monoisotopic (exact) mass is 302 g/mol. The zero-order valence-corrected chi connectivity index (χ0v) is 12.8. The molecule has 1 saturated carbocycles. The Bertz CT molecular complexity index is 643. The van der Waals surface area contributed by atoms with Gasteiger partial charge in [-0.1, -0.05) is 12.1 Å². The highest BCUT2D eigenvalue weighted by Crippen LogP contribution is 2.44. The van der Waals surface area contributed by atoms with Crippen LogP contribution in [0.3, 0.4) is 0 Å². The van der Waals surface area contributed by atoms with Gasteiger partial charge in [0.05, 0.1) is 19.8 Å². The summed E-state index contributed by atoms with van der Waals surface area (Å²) in [6, 6.07) is 10.3. The second kappa shape index (κ2) is 6.26. The highest BCUT2D eigenvalue weighted by Gasteiger charge is 2.27.